The van der Waals surface area contributed by atoms with Gasteiger partial charge in [0.2, 0.25) is 0 Å². The van der Waals surface area contributed by atoms with Gasteiger partial charge in [-0.3, -0.25) is 4.79 Å². The molecule has 6 nitrogen and oxygen atoms in total. The van der Waals surface area contributed by atoms with Crippen LogP contribution in [-0.2, 0) is 9.53 Å². The zero-order chi connectivity index (χ0) is 19.6. The Morgan fingerprint density at radius 2 is 2.22 bits per heavy atom. The number of anilines is 1. The number of carbonyl (C=O) groups is 2. The van der Waals surface area contributed by atoms with Gasteiger partial charge in [-0.05, 0) is 50.3 Å². The third-order valence-electron chi connectivity index (χ3n) is 4.68. The number of amides is 3. The molecular weight excluding hydrogens is 349 g/mol. The van der Waals surface area contributed by atoms with Crippen molar-refractivity contribution >= 4 is 17.6 Å². The topological polar surface area (TPSA) is 70.7 Å². The third kappa shape index (κ3) is 7.17. The molecule has 150 valence electrons. The standard InChI is InChI=1S/C20H30FN3O3/c1-3-4-11-27-15(2)19(25)24-10-6-7-16(14-24)13-22-20(26)23-18-9-5-8-17(21)12-18/h5,8-9,12,15-16H,3-4,6-7,10-11,13-14H2,1-2H3,(H2,22,23,26). The average molecular weight is 379 g/mol. The van der Waals surface area contributed by atoms with Gasteiger partial charge in [0, 0.05) is 31.9 Å². The summed E-state index contributed by atoms with van der Waals surface area (Å²) in [4.78, 5) is 26.3. The monoisotopic (exact) mass is 379 g/mol. The number of nitrogens with one attached hydrogen (secondary N) is 2. The number of piperidine rings is 1. The Balaban J connectivity index is 1.75. The van der Waals surface area contributed by atoms with Crippen LogP contribution >= 0.6 is 0 Å². The second-order valence-electron chi connectivity index (χ2n) is 7.00. The Kier molecular flexibility index (Phi) is 8.51. The van der Waals surface area contributed by atoms with Gasteiger partial charge in [0.1, 0.15) is 11.9 Å². The highest BCUT2D eigenvalue weighted by Gasteiger charge is 2.27. The lowest BCUT2D eigenvalue weighted by atomic mass is 9.97. The van der Waals surface area contributed by atoms with E-state index in [2.05, 4.69) is 17.6 Å². The second kappa shape index (κ2) is 10.9. The minimum Gasteiger partial charge on any atom is -0.369 e. The highest BCUT2D eigenvalue weighted by molar-refractivity contribution is 5.89. The van der Waals surface area contributed by atoms with Crippen LogP contribution in [0.2, 0.25) is 0 Å². The molecule has 0 aromatic heterocycles. The molecule has 0 bridgehead atoms. The van der Waals surface area contributed by atoms with Crippen LogP contribution in [0.5, 0.6) is 0 Å². The van der Waals surface area contributed by atoms with Crippen LogP contribution in [0.25, 0.3) is 0 Å². The Morgan fingerprint density at radius 1 is 1.41 bits per heavy atom. The average Bonchev–Trinajstić information content (AvgIpc) is 2.66. The molecule has 2 N–H and O–H groups in total. The molecule has 1 saturated heterocycles. The molecule has 1 fully saturated rings. The summed E-state index contributed by atoms with van der Waals surface area (Å²) in [6.45, 7) is 6.29. The van der Waals surface area contributed by atoms with Crippen LogP contribution in [0.3, 0.4) is 0 Å². The lowest BCUT2D eigenvalue weighted by Crippen LogP contribution is -2.47. The summed E-state index contributed by atoms with van der Waals surface area (Å²) in [5.41, 5.74) is 0.408. The van der Waals surface area contributed by atoms with Gasteiger partial charge in [0.05, 0.1) is 0 Å². The number of unbranched alkanes of at least 4 members (excludes halogenated alkanes) is 1. The fraction of sp³-hybridized carbons (Fsp3) is 0.600. The Labute approximate surface area is 160 Å². The first-order valence-electron chi connectivity index (χ1n) is 9.70. The third-order valence-corrected chi connectivity index (χ3v) is 4.68. The molecule has 0 saturated carbocycles. The summed E-state index contributed by atoms with van der Waals surface area (Å²) < 4.78 is 18.8. The fourth-order valence-electron chi connectivity index (χ4n) is 3.14. The SMILES string of the molecule is CCCCOC(C)C(=O)N1CCCC(CNC(=O)Nc2cccc(F)c2)C1. The predicted molar refractivity (Wildman–Crippen MR) is 103 cm³/mol. The van der Waals surface area contributed by atoms with Gasteiger partial charge in [-0.1, -0.05) is 19.4 Å². The first-order chi connectivity index (χ1) is 13.0. The molecule has 1 aliphatic heterocycles. The molecule has 1 heterocycles. The molecule has 1 aromatic carbocycles. The van der Waals surface area contributed by atoms with Gasteiger partial charge in [-0.25, -0.2) is 9.18 Å². The van der Waals surface area contributed by atoms with E-state index in [4.69, 9.17) is 4.74 Å². The van der Waals surface area contributed by atoms with Crippen molar-refractivity contribution in [3.63, 3.8) is 0 Å². The first kappa shape index (κ1) is 21.2. The second-order valence-corrected chi connectivity index (χ2v) is 7.00. The maximum atomic E-state index is 13.2. The highest BCUT2D eigenvalue weighted by atomic mass is 19.1. The zero-order valence-electron chi connectivity index (χ0n) is 16.2. The van der Waals surface area contributed by atoms with Crippen molar-refractivity contribution in [2.75, 3.05) is 31.6 Å². The van der Waals surface area contributed by atoms with E-state index in [9.17, 15) is 14.0 Å². The van der Waals surface area contributed by atoms with Gasteiger partial charge < -0.3 is 20.3 Å². The predicted octanol–water partition coefficient (Wildman–Crippen LogP) is 3.39. The summed E-state index contributed by atoms with van der Waals surface area (Å²) in [5.74, 6) is -0.187. The van der Waals surface area contributed by atoms with Gasteiger partial charge >= 0.3 is 6.03 Å². The molecule has 0 aliphatic carbocycles. The van der Waals surface area contributed by atoms with Crippen LogP contribution in [0.4, 0.5) is 14.9 Å². The van der Waals surface area contributed by atoms with Crippen molar-refractivity contribution in [2.45, 2.75) is 45.6 Å². The van der Waals surface area contributed by atoms with Crippen LogP contribution < -0.4 is 10.6 Å². The van der Waals surface area contributed by atoms with Crippen molar-refractivity contribution in [3.05, 3.63) is 30.1 Å². The zero-order valence-corrected chi connectivity index (χ0v) is 16.2. The van der Waals surface area contributed by atoms with Crippen LogP contribution in [0, 0.1) is 11.7 Å². The summed E-state index contributed by atoms with van der Waals surface area (Å²) in [5, 5.41) is 5.42. The van der Waals surface area contributed by atoms with E-state index in [-0.39, 0.29) is 17.9 Å². The molecule has 1 aliphatic rings. The summed E-state index contributed by atoms with van der Waals surface area (Å²) in [7, 11) is 0. The fourth-order valence-corrected chi connectivity index (χ4v) is 3.14. The van der Waals surface area contributed by atoms with E-state index in [0.717, 1.165) is 32.2 Å². The molecule has 27 heavy (non-hydrogen) atoms. The van der Waals surface area contributed by atoms with Gasteiger partial charge in [0.25, 0.3) is 5.91 Å². The molecule has 7 heteroatoms. The maximum Gasteiger partial charge on any atom is 0.319 e. The first-order valence-corrected chi connectivity index (χ1v) is 9.70. The minimum absolute atomic E-state index is 0.0139. The number of carbonyl (C=O) groups excluding carboxylic acids is 2. The molecule has 2 unspecified atom stereocenters. The van der Waals surface area contributed by atoms with E-state index in [1.807, 2.05) is 4.90 Å². The lowest BCUT2D eigenvalue weighted by Gasteiger charge is -2.34. The van der Waals surface area contributed by atoms with Gasteiger partial charge in [-0.15, -0.1) is 0 Å². The number of ether oxygens (including phenoxy) is 1. The molecule has 1 aromatic rings. The number of benzene rings is 1. The molecular formula is C20H30FN3O3. The molecule has 2 atom stereocenters. The molecule has 0 radical (unpaired) electrons. The Hall–Kier alpha value is -2.15. The number of likely N-dealkylation sites (tertiary alicyclic amines) is 1. The van der Waals surface area contributed by atoms with E-state index in [0.29, 0.717) is 25.4 Å². The summed E-state index contributed by atoms with van der Waals surface area (Å²) >= 11 is 0. The van der Waals surface area contributed by atoms with Crippen LogP contribution in [0.1, 0.15) is 39.5 Å². The number of hydrogen-bond donors (Lipinski definition) is 2. The van der Waals surface area contributed by atoms with E-state index in [1.165, 1.54) is 12.1 Å². The van der Waals surface area contributed by atoms with E-state index >= 15 is 0 Å². The number of hydrogen-bond acceptors (Lipinski definition) is 3. The van der Waals surface area contributed by atoms with Crippen molar-refractivity contribution in [1.29, 1.82) is 0 Å². The number of rotatable bonds is 8. The van der Waals surface area contributed by atoms with E-state index < -0.39 is 11.9 Å². The highest BCUT2D eigenvalue weighted by Crippen LogP contribution is 2.17. The number of urea groups is 1. The Bertz CT molecular complexity index is 626. The van der Waals surface area contributed by atoms with Crippen molar-refractivity contribution in [3.8, 4) is 0 Å². The minimum atomic E-state index is -0.431. The number of halogens is 1. The maximum absolute atomic E-state index is 13.2. The molecule has 0 spiro atoms. The molecule has 3 amide bonds. The Morgan fingerprint density at radius 3 is 2.96 bits per heavy atom. The van der Waals surface area contributed by atoms with Gasteiger partial charge in [-0.2, -0.15) is 0 Å². The summed E-state index contributed by atoms with van der Waals surface area (Å²) in [6.07, 6.45) is 3.42. The number of nitrogens with zero attached hydrogens (tertiary/aromatic N) is 1. The molecule has 2 rings (SSSR count). The largest absolute Gasteiger partial charge is 0.369 e. The van der Waals surface area contributed by atoms with E-state index in [1.54, 1.807) is 19.1 Å². The summed E-state index contributed by atoms with van der Waals surface area (Å²) in [6, 6.07) is 5.38. The van der Waals surface area contributed by atoms with Crippen molar-refractivity contribution in [1.82, 2.24) is 10.2 Å². The smallest absolute Gasteiger partial charge is 0.319 e. The normalized spacial score (nSPS) is 18.0. The lowest BCUT2D eigenvalue weighted by molar-refractivity contribution is -0.144. The quantitative estimate of drug-likeness (QED) is 0.680. The van der Waals surface area contributed by atoms with Crippen LogP contribution in [0.15, 0.2) is 24.3 Å². The van der Waals surface area contributed by atoms with Gasteiger partial charge in [0.15, 0.2) is 0 Å². The van der Waals surface area contributed by atoms with Crippen molar-refractivity contribution in [2.24, 2.45) is 5.92 Å². The van der Waals surface area contributed by atoms with Crippen LogP contribution in [-0.4, -0.2) is 49.2 Å². The van der Waals surface area contributed by atoms with Crippen molar-refractivity contribution < 1.29 is 18.7 Å².